The number of carbonyl (C=O) groups is 1. The van der Waals surface area contributed by atoms with E-state index in [0.717, 1.165) is 11.6 Å². The quantitative estimate of drug-likeness (QED) is 0.233. The van der Waals surface area contributed by atoms with Crippen molar-refractivity contribution in [1.82, 2.24) is 10.3 Å². The highest BCUT2D eigenvalue weighted by Gasteiger charge is 2.37. The molecule has 0 saturated carbocycles. The lowest BCUT2D eigenvalue weighted by atomic mass is 10.1. The maximum Gasteiger partial charge on any atom is 0.408 e. The van der Waals surface area contributed by atoms with Crippen molar-refractivity contribution in [2.75, 3.05) is 13.2 Å². The number of aromatic nitrogens is 1. The molecule has 0 radical (unpaired) electrons. The molecular formula is C28H40ClFN4O4Si. The number of nitrogens with zero attached hydrogens (tertiary/aromatic N) is 2. The minimum atomic E-state index is -2.05. The molecule has 1 aromatic heterocycles. The van der Waals surface area contributed by atoms with E-state index >= 15 is 0 Å². The Morgan fingerprint density at radius 1 is 1.21 bits per heavy atom. The topological polar surface area (TPSA) is 108 Å². The second kappa shape index (κ2) is 13.4. The molecule has 0 spiro atoms. The summed E-state index contributed by atoms with van der Waals surface area (Å²) in [5.74, 6) is -0.440. The van der Waals surface area contributed by atoms with Crippen molar-refractivity contribution in [1.29, 1.82) is 0 Å². The lowest BCUT2D eigenvalue weighted by Gasteiger charge is -2.37. The van der Waals surface area contributed by atoms with Crippen molar-refractivity contribution >= 4 is 37.8 Å². The van der Waals surface area contributed by atoms with E-state index in [9.17, 15) is 9.18 Å². The Labute approximate surface area is 236 Å². The molecule has 0 aliphatic rings. The molecule has 214 valence electrons. The van der Waals surface area contributed by atoms with Gasteiger partial charge in [-0.3, -0.25) is 4.99 Å². The first kappa shape index (κ1) is 32.3. The Hall–Kier alpha value is -2.95. The van der Waals surface area contributed by atoms with Gasteiger partial charge in [-0.1, -0.05) is 44.5 Å². The fourth-order valence-electron chi connectivity index (χ4n) is 2.94. The van der Waals surface area contributed by atoms with Crippen molar-refractivity contribution in [3.8, 4) is 11.6 Å². The molecule has 0 saturated heterocycles. The molecule has 39 heavy (non-hydrogen) atoms. The molecule has 3 N–H and O–H groups in total. The largest absolute Gasteiger partial charge is 0.444 e. The number of nitrogens with one attached hydrogen (secondary N) is 1. The predicted octanol–water partition coefficient (Wildman–Crippen LogP) is 6.95. The molecule has 1 atom stereocenters. The van der Waals surface area contributed by atoms with Crippen molar-refractivity contribution in [3.63, 3.8) is 0 Å². The third-order valence-corrected chi connectivity index (χ3v) is 10.8. The van der Waals surface area contributed by atoms with Crippen molar-refractivity contribution in [2.45, 2.75) is 71.3 Å². The van der Waals surface area contributed by atoms with Crippen LogP contribution >= 0.6 is 11.6 Å². The van der Waals surface area contributed by atoms with Gasteiger partial charge in [0.2, 0.25) is 0 Å². The summed E-state index contributed by atoms with van der Waals surface area (Å²) in [6.45, 7) is 16.8. The number of pyridine rings is 1. The summed E-state index contributed by atoms with van der Waals surface area (Å²) in [4.78, 5) is 20.8. The van der Waals surface area contributed by atoms with Gasteiger partial charge < -0.3 is 25.0 Å². The molecule has 0 aliphatic heterocycles. The van der Waals surface area contributed by atoms with Crippen LogP contribution in [0.2, 0.25) is 23.2 Å². The molecular weight excluding hydrogens is 539 g/mol. The number of aliphatic imine (C=N–C) groups is 1. The average Bonchev–Trinajstić information content (AvgIpc) is 2.80. The number of amides is 1. The van der Waals surface area contributed by atoms with Crippen molar-refractivity contribution in [3.05, 3.63) is 59.1 Å². The summed E-state index contributed by atoms with van der Waals surface area (Å²) in [5, 5.41) is 3.08. The first-order chi connectivity index (χ1) is 18.0. The zero-order chi connectivity index (χ0) is 29.4. The number of benzene rings is 1. The molecule has 0 unspecified atom stereocenters. The fraction of sp³-hybridized carbons (Fsp3) is 0.464. The molecule has 11 heteroatoms. The van der Waals surface area contributed by atoms with Gasteiger partial charge in [0, 0.05) is 24.2 Å². The van der Waals surface area contributed by atoms with Crippen LogP contribution in [-0.2, 0) is 9.16 Å². The third-order valence-electron chi connectivity index (χ3n) is 6.08. The average molecular weight is 579 g/mol. The lowest BCUT2D eigenvalue weighted by Crippen LogP contribution is -2.48. The molecule has 0 bridgehead atoms. The molecule has 1 aromatic carbocycles. The van der Waals surface area contributed by atoms with Crippen LogP contribution in [0, 0.1) is 5.82 Å². The van der Waals surface area contributed by atoms with Gasteiger partial charge in [-0.15, -0.1) is 0 Å². The smallest absolute Gasteiger partial charge is 0.408 e. The summed E-state index contributed by atoms with van der Waals surface area (Å²) >= 11 is 5.74. The van der Waals surface area contributed by atoms with Crippen LogP contribution in [0.25, 0.3) is 5.57 Å². The Kier molecular flexibility index (Phi) is 11.1. The molecule has 2 aromatic rings. The molecule has 8 nitrogen and oxygen atoms in total. The van der Waals surface area contributed by atoms with E-state index in [1.54, 1.807) is 30.5 Å². The number of ether oxygens (including phenoxy) is 2. The number of allylic oxidation sites excluding steroid dienone is 1. The lowest BCUT2D eigenvalue weighted by molar-refractivity contribution is 0.0488. The highest BCUT2D eigenvalue weighted by atomic mass is 35.5. The zero-order valence-corrected chi connectivity index (χ0v) is 25.7. The van der Waals surface area contributed by atoms with Crippen LogP contribution in [0.1, 0.15) is 47.1 Å². The number of carbonyl (C=O) groups excluding carboxylic acids is 1. The van der Waals surface area contributed by atoms with Gasteiger partial charge >= 0.3 is 6.09 Å². The summed E-state index contributed by atoms with van der Waals surface area (Å²) in [5.41, 5.74) is 6.66. The van der Waals surface area contributed by atoms with E-state index in [1.807, 2.05) is 20.8 Å². The van der Waals surface area contributed by atoms with Crippen molar-refractivity contribution < 1.29 is 23.1 Å². The fourth-order valence-corrected chi connectivity index (χ4v) is 4.13. The van der Waals surface area contributed by atoms with Crippen molar-refractivity contribution in [2.24, 2.45) is 10.7 Å². The van der Waals surface area contributed by atoms with E-state index < -0.39 is 31.9 Å². The highest BCUT2D eigenvalue weighted by Crippen LogP contribution is 2.36. The molecule has 1 heterocycles. The Balaban J connectivity index is 2.10. The predicted molar refractivity (Wildman–Crippen MR) is 158 cm³/mol. The number of hydrogen-bond acceptors (Lipinski definition) is 7. The highest BCUT2D eigenvalue weighted by molar-refractivity contribution is 6.74. The van der Waals surface area contributed by atoms with Gasteiger partial charge in [-0.05, 0) is 62.7 Å². The van der Waals surface area contributed by atoms with Gasteiger partial charge in [0.1, 0.15) is 11.4 Å². The van der Waals surface area contributed by atoms with Gasteiger partial charge in [-0.25, -0.2) is 14.2 Å². The van der Waals surface area contributed by atoms with Crippen LogP contribution in [0.3, 0.4) is 0 Å². The first-order valence-corrected chi connectivity index (χ1v) is 15.9. The van der Waals surface area contributed by atoms with Crippen LogP contribution < -0.4 is 15.8 Å². The van der Waals surface area contributed by atoms with E-state index in [0.29, 0.717) is 17.9 Å². The minimum Gasteiger partial charge on any atom is -0.444 e. The van der Waals surface area contributed by atoms with Gasteiger partial charge in [0.15, 0.2) is 14.1 Å². The summed E-state index contributed by atoms with van der Waals surface area (Å²) in [7, 11) is -2.05. The molecule has 0 aliphatic carbocycles. The number of rotatable bonds is 10. The minimum absolute atomic E-state index is 0.0213. The Morgan fingerprint density at radius 2 is 1.85 bits per heavy atom. The number of alkyl carbamates (subject to hydrolysis) is 1. The number of nitrogens with two attached hydrogens (primary N) is 1. The summed E-state index contributed by atoms with van der Waals surface area (Å²) < 4.78 is 31.3. The summed E-state index contributed by atoms with van der Waals surface area (Å²) in [6.07, 6.45) is 3.84. The summed E-state index contributed by atoms with van der Waals surface area (Å²) in [6, 6.07) is 7.61. The van der Waals surface area contributed by atoms with Crippen LogP contribution in [0.4, 0.5) is 9.18 Å². The normalized spacial score (nSPS) is 13.8. The van der Waals surface area contributed by atoms with E-state index in [-0.39, 0.29) is 22.5 Å². The second-order valence-electron chi connectivity index (χ2n) is 11.6. The second-order valence-corrected chi connectivity index (χ2v) is 16.8. The van der Waals surface area contributed by atoms with Gasteiger partial charge in [0.05, 0.1) is 24.2 Å². The molecule has 2 rings (SSSR count). The Morgan fingerprint density at radius 3 is 2.38 bits per heavy atom. The molecule has 0 fully saturated rings. The van der Waals surface area contributed by atoms with Crippen LogP contribution in [0.15, 0.2) is 47.7 Å². The Bertz CT molecular complexity index is 1180. The zero-order valence-electron chi connectivity index (χ0n) is 24.0. The van der Waals surface area contributed by atoms with E-state index in [4.69, 9.17) is 31.2 Å². The van der Waals surface area contributed by atoms with Crippen LogP contribution in [-0.4, -0.2) is 50.4 Å². The third kappa shape index (κ3) is 10.6. The monoisotopic (exact) mass is 578 g/mol. The van der Waals surface area contributed by atoms with E-state index in [2.05, 4.69) is 49.2 Å². The number of hydrogen-bond donors (Lipinski definition) is 2. The van der Waals surface area contributed by atoms with Gasteiger partial charge in [0.25, 0.3) is 5.88 Å². The van der Waals surface area contributed by atoms with Gasteiger partial charge in [-0.2, -0.15) is 0 Å². The number of halogens is 2. The standard InChI is InChI=1S/C28H40ClFN4O4Si/c1-27(2,3)38-26(35)34-22(18-36-39(7,8)28(4,5)6)17-32-15-20(14-31)19-9-11-23(12-10-19)37-25-24(30)13-21(29)16-33-25/h9-16,22H,17-18,31H2,1-8H3,(H,34,35)/t22-/m0/s1. The SMILES string of the molecule is CC(C)(C)OC(=O)N[C@@H](CN=CC(=CN)c1ccc(Oc2ncc(Cl)cc2F)cc1)CO[Si](C)(C)C(C)(C)C. The van der Waals surface area contributed by atoms with E-state index in [1.165, 1.54) is 12.4 Å². The first-order valence-electron chi connectivity index (χ1n) is 12.7. The maximum atomic E-state index is 14.0. The molecule has 1 amide bonds. The van der Waals surface area contributed by atoms with Crippen LogP contribution in [0.5, 0.6) is 11.6 Å². The maximum absolute atomic E-state index is 14.0.